The minimum Gasteiger partial charge on any atom is -0.394 e. The van der Waals surface area contributed by atoms with E-state index in [1.54, 1.807) is 0 Å². The van der Waals surface area contributed by atoms with Gasteiger partial charge in [-0.1, -0.05) is 212 Å². The van der Waals surface area contributed by atoms with Crippen molar-refractivity contribution in [2.45, 2.75) is 257 Å². The van der Waals surface area contributed by atoms with Gasteiger partial charge in [-0.3, -0.25) is 4.79 Å². The van der Waals surface area contributed by atoms with Crippen molar-refractivity contribution in [1.82, 2.24) is 5.32 Å². The van der Waals surface area contributed by atoms with Gasteiger partial charge >= 0.3 is 0 Å². The third-order valence-corrected chi connectivity index (χ3v) is 10.4. The Bertz CT molecular complexity index is 684. The van der Waals surface area contributed by atoms with Crippen LogP contribution in [-0.4, -0.2) is 46.1 Å². The number of unbranched alkanes of at least 4 members (excludes halogenated alkanes) is 30. The molecule has 4 N–H and O–H groups in total. The molecule has 1 amide bonds. The first-order valence-electron chi connectivity index (χ1n) is 22.0. The number of nitrogens with one attached hydrogen (secondary N) is 1. The lowest BCUT2D eigenvalue weighted by Gasteiger charge is -2.23. The molecule has 49 heavy (non-hydrogen) atoms. The van der Waals surface area contributed by atoms with Crippen molar-refractivity contribution in [2.24, 2.45) is 0 Å². The quantitative estimate of drug-likeness (QED) is 0.0380. The van der Waals surface area contributed by atoms with Gasteiger partial charge in [-0.25, -0.2) is 0 Å². The van der Waals surface area contributed by atoms with Crippen LogP contribution in [0.4, 0.5) is 0 Å². The molecular formula is C44H87NO4. The molecule has 0 aliphatic rings. The fourth-order valence-corrected chi connectivity index (χ4v) is 6.89. The molecular weight excluding hydrogens is 606 g/mol. The third kappa shape index (κ3) is 35.3. The lowest BCUT2D eigenvalue weighted by Crippen LogP contribution is -2.49. The fourth-order valence-electron chi connectivity index (χ4n) is 6.89. The molecule has 0 bridgehead atoms. The summed E-state index contributed by atoms with van der Waals surface area (Å²) in [7, 11) is 0. The van der Waals surface area contributed by atoms with Crippen LogP contribution in [0.15, 0.2) is 12.2 Å². The predicted molar refractivity (Wildman–Crippen MR) is 213 cm³/mol. The molecule has 0 rings (SSSR count). The molecule has 0 heterocycles. The van der Waals surface area contributed by atoms with Gasteiger partial charge in [0.15, 0.2) is 0 Å². The van der Waals surface area contributed by atoms with Crippen molar-refractivity contribution in [3.8, 4) is 0 Å². The van der Waals surface area contributed by atoms with Crippen LogP contribution in [0, 0.1) is 0 Å². The maximum absolute atomic E-state index is 12.5. The van der Waals surface area contributed by atoms with Crippen molar-refractivity contribution in [2.75, 3.05) is 6.61 Å². The molecule has 0 aliphatic carbocycles. The molecule has 0 aromatic rings. The lowest BCUT2D eigenvalue weighted by atomic mass is 10.0. The molecule has 0 saturated carbocycles. The Balaban J connectivity index is 3.59. The van der Waals surface area contributed by atoms with Crippen LogP contribution in [-0.2, 0) is 4.79 Å². The zero-order chi connectivity index (χ0) is 35.9. The second-order valence-corrected chi connectivity index (χ2v) is 15.3. The SMILES string of the molecule is CCCCCC/C=C\CCCCCCCCC(O)C(=O)NC(CO)C(O)CCCCCCCCCCCCCCCCCCCCCCC. The Morgan fingerprint density at radius 1 is 0.469 bits per heavy atom. The summed E-state index contributed by atoms with van der Waals surface area (Å²) in [5, 5.41) is 33.3. The minimum absolute atomic E-state index is 0.313. The number of amides is 1. The summed E-state index contributed by atoms with van der Waals surface area (Å²) in [6.07, 6.45) is 46.4. The van der Waals surface area contributed by atoms with E-state index in [9.17, 15) is 20.1 Å². The molecule has 0 saturated heterocycles. The number of aliphatic hydroxyl groups excluding tert-OH is 3. The highest BCUT2D eigenvalue weighted by molar-refractivity contribution is 5.80. The third-order valence-electron chi connectivity index (χ3n) is 10.4. The van der Waals surface area contributed by atoms with Gasteiger partial charge in [-0.2, -0.15) is 0 Å². The van der Waals surface area contributed by atoms with Crippen LogP contribution < -0.4 is 5.32 Å². The van der Waals surface area contributed by atoms with E-state index in [-0.39, 0.29) is 6.61 Å². The lowest BCUT2D eigenvalue weighted by molar-refractivity contribution is -0.131. The average molecular weight is 694 g/mol. The summed E-state index contributed by atoms with van der Waals surface area (Å²) < 4.78 is 0. The average Bonchev–Trinajstić information content (AvgIpc) is 3.11. The van der Waals surface area contributed by atoms with Crippen molar-refractivity contribution < 1.29 is 20.1 Å². The maximum atomic E-state index is 12.5. The predicted octanol–water partition coefficient (Wildman–Crippen LogP) is 12.4. The zero-order valence-electron chi connectivity index (χ0n) is 33.1. The Morgan fingerprint density at radius 2 is 0.776 bits per heavy atom. The van der Waals surface area contributed by atoms with Crippen LogP contribution in [0.25, 0.3) is 0 Å². The summed E-state index contributed by atoms with van der Waals surface area (Å²) in [6, 6.07) is -0.711. The van der Waals surface area contributed by atoms with E-state index in [2.05, 4.69) is 31.3 Å². The number of allylic oxidation sites excluding steroid dienone is 2. The number of carbonyl (C=O) groups is 1. The van der Waals surface area contributed by atoms with E-state index < -0.39 is 24.2 Å². The van der Waals surface area contributed by atoms with Gasteiger partial charge in [0, 0.05) is 0 Å². The Hall–Kier alpha value is -0.910. The highest BCUT2D eigenvalue weighted by atomic mass is 16.3. The van der Waals surface area contributed by atoms with Gasteiger partial charge in [0.1, 0.15) is 6.10 Å². The first-order valence-corrected chi connectivity index (χ1v) is 22.0. The van der Waals surface area contributed by atoms with Crippen molar-refractivity contribution in [1.29, 1.82) is 0 Å². The number of aliphatic hydroxyl groups is 3. The van der Waals surface area contributed by atoms with Gasteiger partial charge in [0.05, 0.1) is 18.8 Å². The van der Waals surface area contributed by atoms with Crippen molar-refractivity contribution >= 4 is 5.91 Å². The van der Waals surface area contributed by atoms with E-state index in [0.29, 0.717) is 12.8 Å². The van der Waals surface area contributed by atoms with Gasteiger partial charge in [-0.05, 0) is 38.5 Å². The molecule has 3 atom stereocenters. The standard InChI is InChI=1S/C44H87NO4/c1-3-5-7-9-11-13-15-17-19-20-21-22-23-24-25-27-28-30-32-34-36-38-42(47)41(40-46)45-44(49)43(48)39-37-35-33-31-29-26-18-16-14-12-10-8-6-4-2/h14,16,41-43,46-48H,3-13,15,17-40H2,1-2H3,(H,45,49)/b16-14-. The highest BCUT2D eigenvalue weighted by Crippen LogP contribution is 2.16. The second kappa shape index (κ2) is 39.9. The summed E-state index contributed by atoms with van der Waals surface area (Å²) in [5.74, 6) is -0.474. The highest BCUT2D eigenvalue weighted by Gasteiger charge is 2.23. The normalized spacial score (nSPS) is 13.7. The number of carbonyl (C=O) groups excluding carboxylic acids is 1. The van der Waals surface area contributed by atoms with Crippen molar-refractivity contribution in [3.05, 3.63) is 12.2 Å². The smallest absolute Gasteiger partial charge is 0.249 e. The Morgan fingerprint density at radius 3 is 1.14 bits per heavy atom. The second-order valence-electron chi connectivity index (χ2n) is 15.3. The molecule has 0 aromatic carbocycles. The summed E-state index contributed by atoms with van der Waals surface area (Å²) in [5.41, 5.74) is 0. The van der Waals surface area contributed by atoms with E-state index in [0.717, 1.165) is 32.1 Å². The van der Waals surface area contributed by atoms with E-state index in [1.165, 1.54) is 180 Å². The molecule has 0 fully saturated rings. The maximum Gasteiger partial charge on any atom is 0.249 e. The Labute approximate surface area is 306 Å². The summed E-state index contributed by atoms with van der Waals surface area (Å²) in [6.45, 7) is 4.22. The first-order chi connectivity index (χ1) is 24.1. The summed E-state index contributed by atoms with van der Waals surface area (Å²) in [4.78, 5) is 12.5. The molecule has 5 nitrogen and oxygen atoms in total. The molecule has 3 unspecified atom stereocenters. The van der Waals surface area contributed by atoms with Crippen LogP contribution in [0.2, 0.25) is 0 Å². The fraction of sp³-hybridized carbons (Fsp3) is 0.932. The van der Waals surface area contributed by atoms with Crippen LogP contribution in [0.1, 0.15) is 239 Å². The zero-order valence-corrected chi connectivity index (χ0v) is 33.1. The molecule has 0 spiro atoms. The first kappa shape index (κ1) is 48.1. The van der Waals surface area contributed by atoms with Crippen LogP contribution in [0.3, 0.4) is 0 Å². The van der Waals surface area contributed by atoms with E-state index >= 15 is 0 Å². The molecule has 0 aromatic heterocycles. The number of hydrogen-bond acceptors (Lipinski definition) is 4. The van der Waals surface area contributed by atoms with Crippen LogP contribution in [0.5, 0.6) is 0 Å². The molecule has 0 radical (unpaired) electrons. The molecule has 5 heteroatoms. The van der Waals surface area contributed by atoms with Crippen molar-refractivity contribution in [3.63, 3.8) is 0 Å². The monoisotopic (exact) mass is 694 g/mol. The minimum atomic E-state index is -1.08. The number of rotatable bonds is 40. The molecule has 292 valence electrons. The van der Waals surface area contributed by atoms with E-state index in [4.69, 9.17) is 0 Å². The molecule has 0 aliphatic heterocycles. The topological polar surface area (TPSA) is 89.8 Å². The van der Waals surface area contributed by atoms with Crippen LogP contribution >= 0.6 is 0 Å². The van der Waals surface area contributed by atoms with Gasteiger partial charge in [-0.15, -0.1) is 0 Å². The largest absolute Gasteiger partial charge is 0.394 e. The Kier molecular flexibility index (Phi) is 39.1. The van der Waals surface area contributed by atoms with Gasteiger partial charge < -0.3 is 20.6 Å². The number of hydrogen-bond donors (Lipinski definition) is 4. The van der Waals surface area contributed by atoms with Gasteiger partial charge in [0.25, 0.3) is 0 Å². The van der Waals surface area contributed by atoms with Gasteiger partial charge in [0.2, 0.25) is 5.91 Å². The summed E-state index contributed by atoms with van der Waals surface area (Å²) >= 11 is 0. The van der Waals surface area contributed by atoms with E-state index in [1.807, 2.05) is 0 Å².